The van der Waals surface area contributed by atoms with Crippen molar-refractivity contribution >= 4 is 46.7 Å². The number of nitrogens with one attached hydrogen (secondary N) is 1. The van der Waals surface area contributed by atoms with Crippen LogP contribution in [0.5, 0.6) is 0 Å². The van der Waals surface area contributed by atoms with E-state index in [1.807, 2.05) is 17.8 Å². The molecule has 0 bridgehead atoms. The van der Waals surface area contributed by atoms with Crippen LogP contribution in [0.15, 0.2) is 12.3 Å². The Morgan fingerprint density at radius 1 is 1.61 bits per heavy atom. The minimum atomic E-state index is 0.342. The molecule has 0 spiro atoms. The minimum Gasteiger partial charge on any atom is -0.329 e. The van der Waals surface area contributed by atoms with Crippen molar-refractivity contribution in [3.63, 3.8) is 0 Å². The van der Waals surface area contributed by atoms with Crippen molar-refractivity contribution in [1.29, 1.82) is 0 Å². The van der Waals surface area contributed by atoms with Gasteiger partial charge in [-0.1, -0.05) is 18.0 Å². The Kier molecular flexibility index (Phi) is 3.16. The second kappa shape index (κ2) is 4.54. The highest BCUT2D eigenvalue weighted by atomic mass is 35.5. The summed E-state index contributed by atoms with van der Waals surface area (Å²) in [5, 5.41) is 0.633. The maximum Gasteiger partial charge on any atom is 0.179 e. The molecule has 1 fully saturated rings. The van der Waals surface area contributed by atoms with E-state index >= 15 is 0 Å². The first-order valence-corrected chi connectivity index (χ1v) is 7.94. The molecular weight excluding hydrogens is 286 g/mol. The third-order valence-electron chi connectivity index (χ3n) is 3.72. The zero-order valence-corrected chi connectivity index (χ0v) is 12.5. The number of thioether (sulfide) groups is 1. The quantitative estimate of drug-likeness (QED) is 0.869. The van der Waals surface area contributed by atoms with Crippen LogP contribution in [0.2, 0.25) is 5.02 Å². The molecule has 2 aromatic rings. The molecule has 3 rings (SSSR count). The lowest BCUT2D eigenvalue weighted by Crippen LogP contribution is -2.37. The van der Waals surface area contributed by atoms with Gasteiger partial charge in [0.2, 0.25) is 0 Å². The molecule has 1 aliphatic carbocycles. The topological polar surface area (TPSA) is 33.6 Å². The lowest BCUT2D eigenvalue weighted by atomic mass is 9.84. The van der Waals surface area contributed by atoms with E-state index in [1.165, 1.54) is 19.3 Å². The van der Waals surface area contributed by atoms with Crippen LogP contribution in [0.1, 0.15) is 19.3 Å². The number of H-pyrrole nitrogens is 1. The van der Waals surface area contributed by atoms with Gasteiger partial charge in [0.25, 0.3) is 0 Å². The molecule has 0 unspecified atom stereocenters. The molecule has 1 aliphatic rings. The molecule has 0 radical (unpaired) electrons. The number of fused-ring (bicyclic) bond motifs is 1. The van der Waals surface area contributed by atoms with Gasteiger partial charge < -0.3 is 9.55 Å². The van der Waals surface area contributed by atoms with Gasteiger partial charge in [-0.05, 0) is 37.4 Å². The number of rotatable bonds is 3. The van der Waals surface area contributed by atoms with Crippen LogP contribution in [0.4, 0.5) is 0 Å². The Hall–Kier alpha value is -0.520. The van der Waals surface area contributed by atoms with Crippen LogP contribution in [0.25, 0.3) is 11.2 Å². The summed E-state index contributed by atoms with van der Waals surface area (Å²) in [7, 11) is 0. The van der Waals surface area contributed by atoms with Gasteiger partial charge in [0.15, 0.2) is 10.4 Å². The molecule has 1 N–H and O–H groups in total. The predicted molar refractivity (Wildman–Crippen MR) is 80.0 cm³/mol. The van der Waals surface area contributed by atoms with Crippen molar-refractivity contribution in [2.75, 3.05) is 6.26 Å². The molecule has 18 heavy (non-hydrogen) atoms. The smallest absolute Gasteiger partial charge is 0.179 e. The maximum absolute atomic E-state index is 5.95. The SMILES string of the molecule is CSC1(Cn2c(=S)[nH]c3cc(Cl)cnc32)CCC1. The molecule has 0 aliphatic heterocycles. The highest BCUT2D eigenvalue weighted by molar-refractivity contribution is 8.00. The van der Waals surface area contributed by atoms with E-state index in [-0.39, 0.29) is 0 Å². The second-order valence-corrected chi connectivity index (χ2v) is 6.88. The van der Waals surface area contributed by atoms with E-state index in [0.29, 0.717) is 9.77 Å². The third-order valence-corrected chi connectivity index (χ3v) is 5.65. The predicted octanol–water partition coefficient (Wildman–Crippen LogP) is 4.03. The lowest BCUT2D eigenvalue weighted by Gasteiger charge is -2.40. The van der Waals surface area contributed by atoms with E-state index in [4.69, 9.17) is 23.8 Å². The second-order valence-electron chi connectivity index (χ2n) is 4.78. The van der Waals surface area contributed by atoms with Gasteiger partial charge in [-0.25, -0.2) is 4.98 Å². The molecule has 0 aromatic carbocycles. The Morgan fingerprint density at radius 3 is 3.00 bits per heavy atom. The molecule has 1 saturated carbocycles. The monoisotopic (exact) mass is 299 g/mol. The highest BCUT2D eigenvalue weighted by Crippen LogP contribution is 2.44. The van der Waals surface area contributed by atoms with Gasteiger partial charge >= 0.3 is 0 Å². The van der Waals surface area contributed by atoms with Gasteiger partial charge in [-0.3, -0.25) is 0 Å². The van der Waals surface area contributed by atoms with Gasteiger partial charge in [-0.2, -0.15) is 11.8 Å². The van der Waals surface area contributed by atoms with Crippen LogP contribution >= 0.6 is 35.6 Å². The van der Waals surface area contributed by atoms with Crippen LogP contribution in [-0.4, -0.2) is 25.5 Å². The van der Waals surface area contributed by atoms with Gasteiger partial charge in [0.1, 0.15) is 0 Å². The zero-order valence-electron chi connectivity index (χ0n) is 10.1. The van der Waals surface area contributed by atoms with Crippen LogP contribution in [0.3, 0.4) is 0 Å². The Morgan fingerprint density at radius 2 is 2.39 bits per heavy atom. The van der Waals surface area contributed by atoms with Gasteiger partial charge in [-0.15, -0.1) is 0 Å². The summed E-state index contributed by atoms with van der Waals surface area (Å²) in [4.78, 5) is 7.59. The fourth-order valence-electron chi connectivity index (χ4n) is 2.45. The van der Waals surface area contributed by atoms with Crippen molar-refractivity contribution in [2.45, 2.75) is 30.6 Å². The number of hydrogen-bond acceptors (Lipinski definition) is 3. The molecule has 0 atom stereocenters. The number of halogens is 1. The average molecular weight is 300 g/mol. The Balaban J connectivity index is 2.06. The summed E-state index contributed by atoms with van der Waals surface area (Å²) in [6.45, 7) is 0.932. The number of pyridine rings is 1. The number of aromatic amines is 1. The van der Waals surface area contributed by atoms with E-state index in [0.717, 1.165) is 22.5 Å². The summed E-state index contributed by atoms with van der Waals surface area (Å²) < 4.78 is 3.19. The molecule has 2 aromatic heterocycles. The molecule has 6 heteroatoms. The van der Waals surface area contributed by atoms with Crippen LogP contribution in [0, 0.1) is 4.77 Å². The van der Waals surface area contributed by atoms with Crippen molar-refractivity contribution < 1.29 is 0 Å². The first-order chi connectivity index (χ1) is 8.63. The molecule has 96 valence electrons. The number of imidazole rings is 1. The minimum absolute atomic E-state index is 0.342. The van der Waals surface area contributed by atoms with E-state index in [2.05, 4.69) is 20.8 Å². The van der Waals surface area contributed by atoms with Crippen molar-refractivity contribution in [3.8, 4) is 0 Å². The fourth-order valence-corrected chi connectivity index (χ4v) is 3.82. The maximum atomic E-state index is 5.95. The molecular formula is C12H14ClN3S2. The molecule has 0 amide bonds. The summed E-state index contributed by atoms with van der Waals surface area (Å²) in [5.74, 6) is 0. The lowest BCUT2D eigenvalue weighted by molar-refractivity contribution is 0.323. The van der Waals surface area contributed by atoms with E-state index < -0.39 is 0 Å². The molecule has 2 heterocycles. The van der Waals surface area contributed by atoms with Gasteiger partial charge in [0.05, 0.1) is 10.5 Å². The summed E-state index contributed by atoms with van der Waals surface area (Å²) in [6, 6.07) is 1.88. The van der Waals surface area contributed by atoms with E-state index in [1.54, 1.807) is 6.20 Å². The van der Waals surface area contributed by atoms with Crippen molar-refractivity contribution in [2.24, 2.45) is 0 Å². The normalized spacial score (nSPS) is 17.9. The number of nitrogens with zero attached hydrogens (tertiary/aromatic N) is 2. The standard InChI is InChI=1S/C12H14ClN3S2/c1-18-12(3-2-4-12)7-16-10-9(15-11(16)17)5-8(13)6-14-10/h5-6H,2-4,7H2,1H3,(H,15,17). The first kappa shape index (κ1) is 12.5. The van der Waals surface area contributed by atoms with Crippen molar-refractivity contribution in [3.05, 3.63) is 22.1 Å². The summed E-state index contributed by atoms with van der Waals surface area (Å²) in [6.07, 6.45) is 7.69. The first-order valence-electron chi connectivity index (χ1n) is 5.93. The third kappa shape index (κ3) is 1.98. The number of hydrogen-bond donors (Lipinski definition) is 1. The van der Waals surface area contributed by atoms with Crippen molar-refractivity contribution in [1.82, 2.24) is 14.5 Å². The van der Waals surface area contributed by atoms with Crippen LogP contribution < -0.4 is 0 Å². The Bertz CT molecular complexity index is 637. The Labute approximate surface area is 120 Å². The van der Waals surface area contributed by atoms with Crippen LogP contribution in [-0.2, 0) is 6.54 Å². The zero-order chi connectivity index (χ0) is 12.8. The fraction of sp³-hybridized carbons (Fsp3) is 0.500. The van der Waals surface area contributed by atoms with Gasteiger partial charge in [0, 0.05) is 17.5 Å². The number of aromatic nitrogens is 3. The molecule has 0 saturated heterocycles. The van der Waals surface area contributed by atoms with E-state index in [9.17, 15) is 0 Å². The largest absolute Gasteiger partial charge is 0.329 e. The summed E-state index contributed by atoms with van der Waals surface area (Å²) in [5.41, 5.74) is 1.83. The highest BCUT2D eigenvalue weighted by Gasteiger charge is 2.37. The summed E-state index contributed by atoms with van der Waals surface area (Å²) >= 11 is 13.3. The molecule has 3 nitrogen and oxygen atoms in total. The average Bonchev–Trinajstić information content (AvgIpc) is 2.59.